The second-order valence-corrected chi connectivity index (χ2v) is 6.35. The number of hydrogen-bond donors (Lipinski definition) is 2. The summed E-state index contributed by atoms with van der Waals surface area (Å²) in [6.07, 6.45) is 1.74. The highest BCUT2D eigenvalue weighted by Gasteiger charge is 2.20. The monoisotopic (exact) mass is 335 g/mol. The molecular weight excluding hydrogens is 314 g/mol. The first kappa shape index (κ1) is 15.8. The van der Waals surface area contributed by atoms with Gasteiger partial charge in [-0.1, -0.05) is 30.3 Å². The van der Waals surface area contributed by atoms with Crippen LogP contribution in [0.5, 0.6) is 0 Å². The molecule has 0 aliphatic carbocycles. The maximum atomic E-state index is 12.8. The number of fused-ring (bicyclic) bond motifs is 1. The molecule has 0 spiro atoms. The van der Waals surface area contributed by atoms with Gasteiger partial charge >= 0.3 is 0 Å². The van der Waals surface area contributed by atoms with Crippen molar-refractivity contribution in [3.8, 4) is 11.3 Å². The number of rotatable bonds is 5. The van der Waals surface area contributed by atoms with Gasteiger partial charge in [-0.25, -0.2) is 9.67 Å². The number of carbonyl (C=O) groups is 1. The number of carbonyl (C=O) groups excluding carboxylic acids is 1. The molecule has 6 heteroatoms. The number of nitrogens with zero attached hydrogens (tertiary/aromatic N) is 3. The van der Waals surface area contributed by atoms with Crippen molar-refractivity contribution in [2.24, 2.45) is 5.92 Å². The molecule has 1 fully saturated rings. The van der Waals surface area contributed by atoms with Crippen molar-refractivity contribution in [2.75, 3.05) is 19.6 Å². The minimum atomic E-state index is -0.0628. The van der Waals surface area contributed by atoms with E-state index in [1.165, 1.54) is 0 Å². The summed E-state index contributed by atoms with van der Waals surface area (Å²) in [6, 6.07) is 11.8. The number of pyridine rings is 1. The number of amides is 1. The number of benzene rings is 1. The maximum absolute atomic E-state index is 12.8. The van der Waals surface area contributed by atoms with Gasteiger partial charge in [-0.3, -0.25) is 4.79 Å². The van der Waals surface area contributed by atoms with E-state index in [0.717, 1.165) is 35.4 Å². The summed E-state index contributed by atoms with van der Waals surface area (Å²) in [5, 5.41) is 11.5. The lowest BCUT2D eigenvalue weighted by atomic mass is 10.0. The first-order chi connectivity index (χ1) is 12.3. The second kappa shape index (κ2) is 6.64. The largest absolute Gasteiger partial charge is 0.352 e. The summed E-state index contributed by atoms with van der Waals surface area (Å²) < 4.78 is 1.83. The Morgan fingerprint density at radius 1 is 1.32 bits per heavy atom. The average molecular weight is 335 g/mol. The van der Waals surface area contributed by atoms with E-state index >= 15 is 0 Å². The van der Waals surface area contributed by atoms with Gasteiger partial charge in [-0.15, -0.1) is 0 Å². The lowest BCUT2D eigenvalue weighted by Crippen LogP contribution is -2.48. The average Bonchev–Trinajstić information content (AvgIpc) is 3.03. The molecular formula is C19H21N5O. The number of aryl methyl sites for hydroxylation is 1. The molecule has 1 aromatic carbocycles. The van der Waals surface area contributed by atoms with Crippen molar-refractivity contribution >= 4 is 16.9 Å². The highest BCUT2D eigenvalue weighted by molar-refractivity contribution is 6.06. The van der Waals surface area contributed by atoms with Crippen LogP contribution in [-0.4, -0.2) is 40.3 Å². The Bertz CT molecular complexity index is 899. The van der Waals surface area contributed by atoms with Gasteiger partial charge in [0.2, 0.25) is 0 Å². The molecule has 25 heavy (non-hydrogen) atoms. The summed E-state index contributed by atoms with van der Waals surface area (Å²) in [7, 11) is 0. The van der Waals surface area contributed by atoms with E-state index < -0.39 is 0 Å². The predicted octanol–water partition coefficient (Wildman–Crippen LogP) is 2.07. The van der Waals surface area contributed by atoms with Gasteiger partial charge in [-0.2, -0.15) is 5.10 Å². The molecule has 0 bridgehead atoms. The van der Waals surface area contributed by atoms with Gasteiger partial charge in [0.15, 0.2) is 5.65 Å². The van der Waals surface area contributed by atoms with Gasteiger partial charge in [0.05, 0.1) is 22.8 Å². The van der Waals surface area contributed by atoms with Crippen molar-refractivity contribution < 1.29 is 4.79 Å². The van der Waals surface area contributed by atoms with E-state index in [1.54, 1.807) is 6.20 Å². The molecule has 2 N–H and O–H groups in total. The van der Waals surface area contributed by atoms with Crippen LogP contribution in [0.25, 0.3) is 22.3 Å². The Labute approximate surface area is 146 Å². The van der Waals surface area contributed by atoms with Crippen LogP contribution in [-0.2, 0) is 6.54 Å². The normalized spacial score (nSPS) is 14.4. The van der Waals surface area contributed by atoms with E-state index in [0.29, 0.717) is 24.6 Å². The van der Waals surface area contributed by atoms with Crippen molar-refractivity contribution in [3.05, 3.63) is 48.2 Å². The zero-order chi connectivity index (χ0) is 17.2. The number of hydrogen-bond acceptors (Lipinski definition) is 4. The third kappa shape index (κ3) is 3.00. The zero-order valence-electron chi connectivity index (χ0n) is 14.2. The van der Waals surface area contributed by atoms with E-state index in [1.807, 2.05) is 48.0 Å². The Kier molecular flexibility index (Phi) is 4.19. The van der Waals surface area contributed by atoms with Crippen LogP contribution in [0, 0.1) is 5.92 Å². The molecule has 0 saturated carbocycles. The molecule has 3 heterocycles. The molecule has 6 nitrogen and oxygen atoms in total. The third-order valence-corrected chi connectivity index (χ3v) is 4.64. The van der Waals surface area contributed by atoms with E-state index in [9.17, 15) is 4.79 Å². The van der Waals surface area contributed by atoms with Crippen molar-refractivity contribution in [1.29, 1.82) is 0 Å². The molecule has 0 radical (unpaired) electrons. The minimum absolute atomic E-state index is 0.0628. The van der Waals surface area contributed by atoms with E-state index in [2.05, 4.69) is 15.7 Å². The fourth-order valence-electron chi connectivity index (χ4n) is 3.05. The van der Waals surface area contributed by atoms with Crippen LogP contribution in [0.1, 0.15) is 17.3 Å². The van der Waals surface area contributed by atoms with Crippen LogP contribution in [0.15, 0.2) is 42.6 Å². The molecule has 1 aliphatic heterocycles. The van der Waals surface area contributed by atoms with Crippen LogP contribution >= 0.6 is 0 Å². The Hall–Kier alpha value is -2.73. The lowest BCUT2D eigenvalue weighted by molar-refractivity contribution is 0.0944. The molecule has 128 valence electrons. The fraction of sp³-hybridized carbons (Fsp3) is 0.316. The smallest absolute Gasteiger partial charge is 0.252 e. The van der Waals surface area contributed by atoms with Crippen LogP contribution < -0.4 is 10.6 Å². The molecule has 1 saturated heterocycles. The lowest BCUT2D eigenvalue weighted by Gasteiger charge is -2.27. The standard InChI is InChI=1S/C19H21N5O/c1-2-24-18-16(12-22-24)15(19(25)21-11-13-9-20-10-13)8-17(23-18)14-6-4-3-5-7-14/h3-8,12-13,20H,2,9-11H2,1H3,(H,21,25). The first-order valence-electron chi connectivity index (χ1n) is 8.67. The Morgan fingerprint density at radius 3 is 2.80 bits per heavy atom. The van der Waals surface area contributed by atoms with E-state index in [-0.39, 0.29) is 5.91 Å². The van der Waals surface area contributed by atoms with Crippen molar-refractivity contribution in [3.63, 3.8) is 0 Å². The molecule has 1 aliphatic rings. The van der Waals surface area contributed by atoms with Gasteiger partial charge in [0, 0.05) is 37.7 Å². The van der Waals surface area contributed by atoms with Gasteiger partial charge in [0.25, 0.3) is 5.91 Å². The van der Waals surface area contributed by atoms with Gasteiger partial charge in [0.1, 0.15) is 0 Å². The van der Waals surface area contributed by atoms with Crippen molar-refractivity contribution in [2.45, 2.75) is 13.5 Å². The second-order valence-electron chi connectivity index (χ2n) is 6.35. The maximum Gasteiger partial charge on any atom is 0.252 e. The Morgan fingerprint density at radius 2 is 2.12 bits per heavy atom. The van der Waals surface area contributed by atoms with Gasteiger partial charge in [-0.05, 0) is 13.0 Å². The highest BCUT2D eigenvalue weighted by Crippen LogP contribution is 2.25. The van der Waals surface area contributed by atoms with E-state index in [4.69, 9.17) is 4.98 Å². The fourth-order valence-corrected chi connectivity index (χ4v) is 3.05. The molecule has 1 amide bonds. The molecule has 2 aromatic heterocycles. The predicted molar refractivity (Wildman–Crippen MR) is 97.3 cm³/mol. The highest BCUT2D eigenvalue weighted by atomic mass is 16.1. The first-order valence-corrected chi connectivity index (χ1v) is 8.67. The quantitative estimate of drug-likeness (QED) is 0.749. The number of nitrogens with one attached hydrogen (secondary N) is 2. The van der Waals surface area contributed by atoms with Crippen LogP contribution in [0.4, 0.5) is 0 Å². The molecule has 4 rings (SSSR count). The van der Waals surface area contributed by atoms with Crippen LogP contribution in [0.3, 0.4) is 0 Å². The molecule has 0 unspecified atom stereocenters. The summed E-state index contributed by atoms with van der Waals surface area (Å²) in [5.41, 5.74) is 3.17. The van der Waals surface area contributed by atoms with Crippen LogP contribution in [0.2, 0.25) is 0 Å². The molecule has 3 aromatic rings. The summed E-state index contributed by atoms with van der Waals surface area (Å²) in [5.74, 6) is 0.459. The third-order valence-electron chi connectivity index (χ3n) is 4.64. The summed E-state index contributed by atoms with van der Waals surface area (Å²) >= 11 is 0. The zero-order valence-corrected chi connectivity index (χ0v) is 14.2. The van der Waals surface area contributed by atoms with Gasteiger partial charge < -0.3 is 10.6 Å². The molecule has 0 atom stereocenters. The topological polar surface area (TPSA) is 71.8 Å². The minimum Gasteiger partial charge on any atom is -0.352 e. The summed E-state index contributed by atoms with van der Waals surface area (Å²) in [6.45, 7) is 5.36. The number of aromatic nitrogens is 3. The SMILES string of the molecule is CCn1ncc2c(C(=O)NCC3CNC3)cc(-c3ccccc3)nc21. The Balaban J connectivity index is 1.75. The summed E-state index contributed by atoms with van der Waals surface area (Å²) in [4.78, 5) is 17.5. The van der Waals surface area contributed by atoms with Crippen molar-refractivity contribution in [1.82, 2.24) is 25.4 Å².